The highest BCUT2D eigenvalue weighted by molar-refractivity contribution is 6.42. The predicted molar refractivity (Wildman–Crippen MR) is 141 cm³/mol. The zero-order chi connectivity index (χ0) is 25.7. The van der Waals surface area contributed by atoms with Crippen molar-refractivity contribution in [1.82, 2.24) is 14.7 Å². The van der Waals surface area contributed by atoms with Gasteiger partial charge >= 0.3 is 6.09 Å². The molecule has 0 atom stereocenters. The molecule has 2 saturated heterocycles. The average molecular weight is 514 g/mol. The van der Waals surface area contributed by atoms with Gasteiger partial charge in [0.05, 0.1) is 16.6 Å². The number of carbonyl (C=O) groups is 2. The largest absolute Gasteiger partial charge is 0.444 e. The Morgan fingerprint density at radius 1 is 1.03 bits per heavy atom. The van der Waals surface area contributed by atoms with Crippen molar-refractivity contribution in [2.75, 3.05) is 63.8 Å². The van der Waals surface area contributed by atoms with Crippen LogP contribution in [0, 0.1) is 12.3 Å². The number of halogens is 2. The summed E-state index contributed by atoms with van der Waals surface area (Å²) in [5.74, 6) is 2.61. The smallest absolute Gasteiger partial charge is 0.410 e. The molecule has 0 saturated carbocycles. The van der Waals surface area contributed by atoms with Gasteiger partial charge in [-0.3, -0.25) is 9.69 Å². The SMILES string of the molecule is C#CCN1CCN(C(=O)OC(C)(C)C)CC1.CC.O=CN1CCN(c2ccc(Cl)c(Cl)c2)CC1. The van der Waals surface area contributed by atoms with Gasteiger partial charge < -0.3 is 19.4 Å². The second kappa shape index (κ2) is 15.0. The minimum Gasteiger partial charge on any atom is -0.444 e. The Labute approximate surface area is 214 Å². The lowest BCUT2D eigenvalue weighted by Crippen LogP contribution is -2.49. The molecular formula is C25H38Cl2N4O3. The molecule has 0 aromatic heterocycles. The molecule has 2 aliphatic heterocycles. The Morgan fingerprint density at radius 2 is 1.62 bits per heavy atom. The lowest BCUT2D eigenvalue weighted by molar-refractivity contribution is -0.118. The van der Waals surface area contributed by atoms with Gasteiger partial charge in [0, 0.05) is 58.0 Å². The fraction of sp³-hybridized carbons (Fsp3) is 0.600. The molecular weight excluding hydrogens is 475 g/mol. The van der Waals surface area contributed by atoms with Crippen LogP contribution in [-0.4, -0.2) is 91.7 Å². The number of ether oxygens (including phenoxy) is 1. The summed E-state index contributed by atoms with van der Waals surface area (Å²) in [5.41, 5.74) is 0.632. The van der Waals surface area contributed by atoms with Crippen molar-refractivity contribution >= 4 is 41.4 Å². The summed E-state index contributed by atoms with van der Waals surface area (Å²) in [4.78, 5) is 30.2. The monoisotopic (exact) mass is 512 g/mol. The number of hydrogen-bond donors (Lipinski definition) is 0. The van der Waals surface area contributed by atoms with Crippen molar-refractivity contribution in [2.24, 2.45) is 0 Å². The highest BCUT2D eigenvalue weighted by Crippen LogP contribution is 2.27. The van der Waals surface area contributed by atoms with Crippen LogP contribution < -0.4 is 4.90 Å². The van der Waals surface area contributed by atoms with E-state index in [1.54, 1.807) is 15.9 Å². The van der Waals surface area contributed by atoms with Gasteiger partial charge in [0.2, 0.25) is 6.41 Å². The molecule has 0 bridgehead atoms. The van der Waals surface area contributed by atoms with Crippen LogP contribution in [0.5, 0.6) is 0 Å². The molecule has 1 aromatic carbocycles. The quantitative estimate of drug-likeness (QED) is 0.441. The minimum atomic E-state index is -0.424. The first kappa shape index (κ1) is 29.9. The molecule has 2 amide bonds. The van der Waals surface area contributed by atoms with E-state index in [1.807, 2.05) is 46.8 Å². The lowest BCUT2D eigenvalue weighted by atomic mass is 10.2. The topological polar surface area (TPSA) is 56.3 Å². The number of anilines is 1. The van der Waals surface area contributed by atoms with E-state index in [4.69, 9.17) is 34.4 Å². The normalized spacial score (nSPS) is 16.4. The van der Waals surface area contributed by atoms with Crippen LogP contribution in [-0.2, 0) is 9.53 Å². The van der Waals surface area contributed by atoms with E-state index in [1.165, 1.54) is 0 Å². The van der Waals surface area contributed by atoms with E-state index < -0.39 is 5.60 Å². The lowest BCUT2D eigenvalue weighted by Gasteiger charge is -2.34. The third-order valence-corrected chi connectivity index (χ3v) is 5.81. The summed E-state index contributed by atoms with van der Waals surface area (Å²) in [6.45, 7) is 16.5. The molecule has 2 fully saturated rings. The van der Waals surface area contributed by atoms with Gasteiger partial charge in [0.15, 0.2) is 0 Å². The van der Waals surface area contributed by atoms with Gasteiger partial charge in [-0.25, -0.2) is 4.79 Å². The van der Waals surface area contributed by atoms with Crippen molar-refractivity contribution in [3.63, 3.8) is 0 Å². The highest BCUT2D eigenvalue weighted by Gasteiger charge is 2.25. The second-order valence-electron chi connectivity index (χ2n) is 8.67. The van der Waals surface area contributed by atoms with Crippen LogP contribution in [0.15, 0.2) is 18.2 Å². The van der Waals surface area contributed by atoms with Crippen LogP contribution >= 0.6 is 23.2 Å². The number of terminal acetylenes is 1. The predicted octanol–water partition coefficient (Wildman–Crippen LogP) is 4.47. The maximum atomic E-state index is 11.7. The Bertz CT molecular complexity index is 807. The van der Waals surface area contributed by atoms with E-state index in [0.717, 1.165) is 51.4 Å². The summed E-state index contributed by atoms with van der Waals surface area (Å²) < 4.78 is 5.30. The molecule has 0 spiro atoms. The third kappa shape index (κ3) is 10.4. The first-order chi connectivity index (χ1) is 16.1. The maximum absolute atomic E-state index is 11.7. The molecule has 3 rings (SSSR count). The van der Waals surface area contributed by atoms with Crippen molar-refractivity contribution < 1.29 is 14.3 Å². The van der Waals surface area contributed by atoms with E-state index >= 15 is 0 Å². The summed E-state index contributed by atoms with van der Waals surface area (Å²) in [6.07, 6.45) is 5.91. The molecule has 1 aromatic rings. The van der Waals surface area contributed by atoms with E-state index in [2.05, 4.69) is 15.7 Å². The van der Waals surface area contributed by atoms with Gasteiger partial charge in [0.25, 0.3) is 0 Å². The standard InChI is InChI=1S/C12H20N2O2.C11H12Cl2N2O.C2H6/c1-5-6-13-7-9-14(10-8-13)11(15)16-12(2,3)4;12-10-2-1-9(7-11(10)13)15-5-3-14(8-16)4-6-15;1-2/h1H,6-10H2,2-4H3;1-2,7-8H,3-6H2;1-2H3. The zero-order valence-electron chi connectivity index (χ0n) is 21.0. The molecule has 0 aliphatic carbocycles. The van der Waals surface area contributed by atoms with Crippen molar-refractivity contribution in [1.29, 1.82) is 0 Å². The van der Waals surface area contributed by atoms with Crippen LogP contribution in [0.25, 0.3) is 0 Å². The second-order valence-corrected chi connectivity index (χ2v) is 9.49. The number of carbonyl (C=O) groups excluding carboxylic acids is 2. The third-order valence-electron chi connectivity index (χ3n) is 5.07. The van der Waals surface area contributed by atoms with Gasteiger partial charge in [0.1, 0.15) is 5.60 Å². The summed E-state index contributed by atoms with van der Waals surface area (Å²) in [5, 5.41) is 1.13. The van der Waals surface area contributed by atoms with Crippen molar-refractivity contribution in [2.45, 2.75) is 40.2 Å². The number of amides is 2. The summed E-state index contributed by atoms with van der Waals surface area (Å²) in [6, 6.07) is 5.61. The molecule has 7 nitrogen and oxygen atoms in total. The molecule has 0 N–H and O–H groups in total. The number of nitrogens with zero attached hydrogens (tertiary/aromatic N) is 4. The van der Waals surface area contributed by atoms with Gasteiger partial charge in [-0.15, -0.1) is 6.42 Å². The maximum Gasteiger partial charge on any atom is 0.410 e. The zero-order valence-corrected chi connectivity index (χ0v) is 22.5. The Morgan fingerprint density at radius 3 is 2.09 bits per heavy atom. The fourth-order valence-electron chi connectivity index (χ4n) is 3.31. The molecule has 190 valence electrons. The first-order valence-electron chi connectivity index (χ1n) is 11.7. The van der Waals surface area contributed by atoms with Crippen LogP contribution in [0.1, 0.15) is 34.6 Å². The highest BCUT2D eigenvalue weighted by atomic mass is 35.5. The Balaban J connectivity index is 0.000000317. The van der Waals surface area contributed by atoms with Crippen LogP contribution in [0.3, 0.4) is 0 Å². The Kier molecular flexibility index (Phi) is 13.2. The van der Waals surface area contributed by atoms with Gasteiger partial charge in [-0.1, -0.05) is 43.0 Å². The first-order valence-corrected chi connectivity index (χ1v) is 12.4. The van der Waals surface area contributed by atoms with Gasteiger partial charge in [-0.2, -0.15) is 0 Å². The molecule has 2 heterocycles. The van der Waals surface area contributed by atoms with E-state index in [9.17, 15) is 9.59 Å². The number of rotatable bonds is 3. The number of benzene rings is 1. The average Bonchev–Trinajstić information content (AvgIpc) is 2.82. The van der Waals surface area contributed by atoms with Crippen molar-refractivity contribution in [3.05, 3.63) is 28.2 Å². The minimum absolute atomic E-state index is 0.229. The molecule has 34 heavy (non-hydrogen) atoms. The molecule has 9 heteroatoms. The fourth-order valence-corrected chi connectivity index (χ4v) is 3.60. The molecule has 0 radical (unpaired) electrons. The van der Waals surface area contributed by atoms with Crippen LogP contribution in [0.2, 0.25) is 10.0 Å². The molecule has 2 aliphatic rings. The Hall–Kier alpha value is -2.14. The summed E-state index contributed by atoms with van der Waals surface area (Å²) >= 11 is 11.8. The number of piperazine rings is 2. The van der Waals surface area contributed by atoms with E-state index in [0.29, 0.717) is 29.7 Å². The van der Waals surface area contributed by atoms with Crippen LogP contribution in [0.4, 0.5) is 10.5 Å². The van der Waals surface area contributed by atoms with Crippen molar-refractivity contribution in [3.8, 4) is 12.3 Å². The van der Waals surface area contributed by atoms with Gasteiger partial charge in [-0.05, 0) is 39.0 Å². The van der Waals surface area contributed by atoms with E-state index in [-0.39, 0.29) is 6.09 Å². The summed E-state index contributed by atoms with van der Waals surface area (Å²) in [7, 11) is 0. The number of hydrogen-bond acceptors (Lipinski definition) is 5. The molecule has 0 unspecified atom stereocenters.